The van der Waals surface area contributed by atoms with Crippen LogP contribution in [-0.4, -0.2) is 37.3 Å². The molecule has 1 aromatic rings. The van der Waals surface area contributed by atoms with Crippen LogP contribution in [0.15, 0.2) is 40.5 Å². The van der Waals surface area contributed by atoms with E-state index in [1.165, 1.54) is 0 Å². The maximum atomic E-state index is 13.2. The fourth-order valence-corrected chi connectivity index (χ4v) is 4.44. The summed E-state index contributed by atoms with van der Waals surface area (Å²) in [7, 11) is 0. The lowest BCUT2D eigenvalue weighted by molar-refractivity contribution is -0.148. The number of halogens is 1. The molecule has 0 saturated heterocycles. The maximum absolute atomic E-state index is 13.2. The number of Topliss-reactive ketones (excluding diaryl/α,β-unsaturated/α-hetero) is 1. The van der Waals surface area contributed by atoms with E-state index in [1.807, 2.05) is 32.0 Å². The standard InChI is InChI=1S/C23H28ClNO4/c1-5-28-9-10-29-22(27)19-14(2)25-17-12-23(3,4)13-18(26)21(17)20(19)15-7-6-8-16(24)11-15/h6-8,11,19-20H,5,9-10,12-13H2,1-4H3/t19?,20-/m0/s1. The van der Waals surface area contributed by atoms with Gasteiger partial charge in [-0.3, -0.25) is 14.6 Å². The first-order chi connectivity index (χ1) is 13.7. The highest BCUT2D eigenvalue weighted by Crippen LogP contribution is 2.48. The Balaban J connectivity index is 2.02. The molecule has 29 heavy (non-hydrogen) atoms. The number of ether oxygens (including phenoxy) is 2. The molecule has 0 spiro atoms. The van der Waals surface area contributed by atoms with Gasteiger partial charge in [-0.15, -0.1) is 0 Å². The number of esters is 1. The van der Waals surface area contributed by atoms with Crippen molar-refractivity contribution in [2.24, 2.45) is 16.3 Å². The molecule has 0 N–H and O–H groups in total. The predicted molar refractivity (Wildman–Crippen MR) is 113 cm³/mol. The third-order valence-electron chi connectivity index (χ3n) is 5.44. The Bertz CT molecular complexity index is 871. The third-order valence-corrected chi connectivity index (χ3v) is 5.68. The van der Waals surface area contributed by atoms with Gasteiger partial charge in [-0.25, -0.2) is 0 Å². The number of ketones is 1. The Labute approximate surface area is 177 Å². The number of rotatable bonds is 6. The molecule has 0 aromatic heterocycles. The van der Waals surface area contributed by atoms with Crippen LogP contribution in [0, 0.1) is 11.3 Å². The molecule has 1 aliphatic heterocycles. The molecule has 1 unspecified atom stereocenters. The van der Waals surface area contributed by atoms with Crippen molar-refractivity contribution in [3.63, 3.8) is 0 Å². The van der Waals surface area contributed by atoms with Gasteiger partial charge in [-0.2, -0.15) is 0 Å². The number of carbonyl (C=O) groups excluding carboxylic acids is 2. The summed E-state index contributed by atoms with van der Waals surface area (Å²) in [4.78, 5) is 30.9. The molecule has 1 aliphatic carbocycles. The summed E-state index contributed by atoms with van der Waals surface area (Å²) in [5, 5.41) is 0.567. The van der Waals surface area contributed by atoms with E-state index in [9.17, 15) is 9.59 Å². The second kappa shape index (κ2) is 8.80. The zero-order valence-electron chi connectivity index (χ0n) is 17.5. The fourth-order valence-electron chi connectivity index (χ4n) is 4.25. The van der Waals surface area contributed by atoms with Gasteiger partial charge in [0.05, 0.1) is 6.61 Å². The zero-order chi connectivity index (χ0) is 21.2. The second-order valence-corrected chi connectivity index (χ2v) is 8.87. The molecule has 0 fully saturated rings. The summed E-state index contributed by atoms with van der Waals surface area (Å²) in [6, 6.07) is 7.36. The summed E-state index contributed by atoms with van der Waals surface area (Å²) in [6.07, 6.45) is 1.14. The minimum Gasteiger partial charge on any atom is -0.463 e. The van der Waals surface area contributed by atoms with Gasteiger partial charge in [0.2, 0.25) is 0 Å². The number of allylic oxidation sites excluding steroid dienone is 2. The first-order valence-electron chi connectivity index (χ1n) is 10.0. The Morgan fingerprint density at radius 2 is 2.03 bits per heavy atom. The third kappa shape index (κ3) is 4.78. The van der Waals surface area contributed by atoms with Crippen LogP contribution in [0.4, 0.5) is 0 Å². The van der Waals surface area contributed by atoms with Gasteiger partial charge < -0.3 is 9.47 Å². The zero-order valence-corrected chi connectivity index (χ0v) is 18.2. The van der Waals surface area contributed by atoms with Crippen LogP contribution < -0.4 is 0 Å². The number of benzene rings is 1. The summed E-state index contributed by atoms with van der Waals surface area (Å²) in [5.74, 6) is -1.44. The maximum Gasteiger partial charge on any atom is 0.315 e. The Kier molecular flexibility index (Phi) is 6.59. The van der Waals surface area contributed by atoms with Crippen molar-refractivity contribution in [2.75, 3.05) is 19.8 Å². The van der Waals surface area contributed by atoms with E-state index in [4.69, 9.17) is 26.1 Å². The molecule has 2 aliphatic rings. The van der Waals surface area contributed by atoms with Crippen LogP contribution in [-0.2, 0) is 19.1 Å². The van der Waals surface area contributed by atoms with Crippen molar-refractivity contribution < 1.29 is 19.1 Å². The highest BCUT2D eigenvalue weighted by Gasteiger charge is 2.46. The summed E-state index contributed by atoms with van der Waals surface area (Å²) < 4.78 is 10.7. The van der Waals surface area contributed by atoms with Crippen molar-refractivity contribution in [2.45, 2.75) is 46.5 Å². The summed E-state index contributed by atoms with van der Waals surface area (Å²) in [5.41, 5.74) is 2.76. The van der Waals surface area contributed by atoms with Crippen molar-refractivity contribution in [1.29, 1.82) is 0 Å². The normalized spacial score (nSPS) is 23.5. The minimum absolute atomic E-state index is 0.0459. The van der Waals surface area contributed by atoms with Crippen molar-refractivity contribution >= 4 is 29.1 Å². The number of hydrogen-bond donors (Lipinski definition) is 0. The molecular formula is C23H28ClNO4. The van der Waals surface area contributed by atoms with Gasteiger partial charge in [-0.1, -0.05) is 37.6 Å². The Morgan fingerprint density at radius 3 is 2.72 bits per heavy atom. The molecule has 5 nitrogen and oxygen atoms in total. The first kappa shape index (κ1) is 21.7. The molecule has 3 rings (SSSR count). The molecule has 156 valence electrons. The summed E-state index contributed by atoms with van der Waals surface area (Å²) >= 11 is 6.24. The number of nitrogens with zero attached hydrogens (tertiary/aromatic N) is 1. The highest BCUT2D eigenvalue weighted by molar-refractivity contribution is 6.30. The van der Waals surface area contributed by atoms with E-state index in [0.29, 0.717) is 42.4 Å². The number of aliphatic imine (C=N–C) groups is 1. The average Bonchev–Trinajstić information content (AvgIpc) is 2.63. The quantitative estimate of drug-likeness (QED) is 0.495. The highest BCUT2D eigenvalue weighted by atomic mass is 35.5. The van der Waals surface area contributed by atoms with Gasteiger partial charge in [0.1, 0.15) is 12.5 Å². The molecule has 1 aromatic carbocycles. The van der Waals surface area contributed by atoms with Crippen LogP contribution in [0.3, 0.4) is 0 Å². The SMILES string of the molecule is CCOCCOC(=O)C1C(C)=NC2=C(C(=O)CC(C)(C)C2)[C@H]1c1cccc(Cl)c1. The first-order valence-corrected chi connectivity index (χ1v) is 10.4. The fraction of sp³-hybridized carbons (Fsp3) is 0.522. The van der Waals surface area contributed by atoms with E-state index >= 15 is 0 Å². The second-order valence-electron chi connectivity index (χ2n) is 8.43. The predicted octanol–water partition coefficient (Wildman–Crippen LogP) is 4.74. The largest absolute Gasteiger partial charge is 0.463 e. The number of hydrogen-bond acceptors (Lipinski definition) is 5. The van der Waals surface area contributed by atoms with Crippen LogP contribution in [0.2, 0.25) is 5.02 Å². The molecule has 0 radical (unpaired) electrons. The van der Waals surface area contributed by atoms with Gasteiger partial charge in [0.15, 0.2) is 5.78 Å². The van der Waals surface area contributed by atoms with Crippen molar-refractivity contribution in [3.8, 4) is 0 Å². The van der Waals surface area contributed by atoms with E-state index in [2.05, 4.69) is 13.8 Å². The molecule has 0 amide bonds. The van der Waals surface area contributed by atoms with Crippen LogP contribution in [0.25, 0.3) is 0 Å². The van der Waals surface area contributed by atoms with Crippen LogP contribution in [0.1, 0.15) is 52.0 Å². The topological polar surface area (TPSA) is 65.0 Å². The van der Waals surface area contributed by atoms with Gasteiger partial charge >= 0.3 is 5.97 Å². The summed E-state index contributed by atoms with van der Waals surface area (Å²) in [6.45, 7) is 8.94. The molecule has 0 saturated carbocycles. The molecule has 1 heterocycles. The molecule has 6 heteroatoms. The molecular weight excluding hydrogens is 390 g/mol. The van der Waals surface area contributed by atoms with Crippen LogP contribution >= 0.6 is 11.6 Å². The van der Waals surface area contributed by atoms with E-state index in [1.54, 1.807) is 6.07 Å². The Hall–Kier alpha value is -1.98. The van der Waals surface area contributed by atoms with Crippen molar-refractivity contribution in [3.05, 3.63) is 46.1 Å². The molecule has 2 atom stereocenters. The van der Waals surface area contributed by atoms with Gasteiger partial charge in [0, 0.05) is 41.0 Å². The monoisotopic (exact) mass is 417 g/mol. The van der Waals surface area contributed by atoms with E-state index < -0.39 is 11.8 Å². The van der Waals surface area contributed by atoms with Crippen molar-refractivity contribution in [1.82, 2.24) is 0 Å². The smallest absolute Gasteiger partial charge is 0.315 e. The lowest BCUT2D eigenvalue weighted by atomic mass is 9.67. The average molecular weight is 418 g/mol. The lowest BCUT2D eigenvalue weighted by Crippen LogP contribution is -2.39. The lowest BCUT2D eigenvalue weighted by Gasteiger charge is -2.39. The molecule has 0 bridgehead atoms. The van der Waals surface area contributed by atoms with Crippen LogP contribution in [0.5, 0.6) is 0 Å². The number of carbonyl (C=O) groups is 2. The Morgan fingerprint density at radius 1 is 1.28 bits per heavy atom. The van der Waals surface area contributed by atoms with E-state index in [0.717, 1.165) is 11.3 Å². The van der Waals surface area contributed by atoms with Gasteiger partial charge in [0.25, 0.3) is 0 Å². The minimum atomic E-state index is -0.654. The van der Waals surface area contributed by atoms with E-state index in [-0.39, 0.29) is 23.8 Å². The van der Waals surface area contributed by atoms with Gasteiger partial charge in [-0.05, 0) is 43.4 Å².